The molecule has 0 spiro atoms. The van der Waals surface area contributed by atoms with Crippen LogP contribution in [0.4, 0.5) is 0 Å². The Morgan fingerprint density at radius 3 is 2.33 bits per heavy atom. The molecule has 1 atom stereocenters. The molecule has 1 unspecified atom stereocenters. The molecule has 0 amide bonds. The first-order valence-corrected chi connectivity index (χ1v) is 6.13. The van der Waals surface area contributed by atoms with E-state index in [1.165, 1.54) is 0 Å². The van der Waals surface area contributed by atoms with Crippen molar-refractivity contribution in [3.05, 3.63) is 0 Å². The summed E-state index contributed by atoms with van der Waals surface area (Å²) in [5, 5.41) is 0. The van der Waals surface area contributed by atoms with Crippen LogP contribution in [0.1, 0.15) is 60.3 Å². The van der Waals surface area contributed by atoms with Crippen molar-refractivity contribution in [1.82, 2.24) is 0 Å². The maximum absolute atomic E-state index is 11.9. The molecular formula is C13H26O2. The number of ether oxygens (including phenoxy) is 1. The third kappa shape index (κ3) is 5.31. The van der Waals surface area contributed by atoms with Crippen LogP contribution in [0.2, 0.25) is 0 Å². The Morgan fingerprint density at radius 2 is 1.93 bits per heavy atom. The van der Waals surface area contributed by atoms with Gasteiger partial charge in [0.05, 0.1) is 0 Å². The maximum Gasteiger partial charge on any atom is 0.164 e. The minimum Gasteiger partial charge on any atom is -0.368 e. The largest absolute Gasteiger partial charge is 0.368 e. The summed E-state index contributed by atoms with van der Waals surface area (Å²) in [5.74, 6) is 0.935. The van der Waals surface area contributed by atoms with Crippen LogP contribution in [-0.2, 0) is 9.53 Å². The van der Waals surface area contributed by atoms with Gasteiger partial charge in [-0.2, -0.15) is 0 Å². The summed E-state index contributed by atoms with van der Waals surface area (Å²) >= 11 is 0. The SMILES string of the molecule is CCOC(C)(CC)C(=O)CCCC(C)C. The van der Waals surface area contributed by atoms with Gasteiger partial charge in [-0.3, -0.25) is 4.79 Å². The van der Waals surface area contributed by atoms with Gasteiger partial charge in [-0.25, -0.2) is 0 Å². The van der Waals surface area contributed by atoms with Gasteiger partial charge in [0.2, 0.25) is 0 Å². The van der Waals surface area contributed by atoms with Crippen molar-refractivity contribution >= 4 is 5.78 Å². The van der Waals surface area contributed by atoms with E-state index in [1.807, 2.05) is 20.8 Å². The maximum atomic E-state index is 11.9. The highest BCUT2D eigenvalue weighted by Crippen LogP contribution is 2.20. The van der Waals surface area contributed by atoms with Crippen LogP contribution in [0.15, 0.2) is 0 Å². The molecule has 0 aromatic heterocycles. The van der Waals surface area contributed by atoms with Gasteiger partial charge in [-0.05, 0) is 32.6 Å². The lowest BCUT2D eigenvalue weighted by atomic mass is 9.92. The minimum atomic E-state index is -0.550. The Labute approximate surface area is 94.4 Å². The van der Waals surface area contributed by atoms with E-state index in [0.29, 0.717) is 18.9 Å². The van der Waals surface area contributed by atoms with Gasteiger partial charge in [-0.1, -0.05) is 27.2 Å². The molecule has 0 saturated heterocycles. The van der Waals surface area contributed by atoms with Gasteiger partial charge in [-0.15, -0.1) is 0 Å². The van der Waals surface area contributed by atoms with E-state index in [4.69, 9.17) is 4.74 Å². The lowest BCUT2D eigenvalue weighted by Crippen LogP contribution is -2.37. The van der Waals surface area contributed by atoms with Crippen molar-refractivity contribution in [2.24, 2.45) is 5.92 Å². The zero-order chi connectivity index (χ0) is 11.9. The second kappa shape index (κ2) is 7.00. The van der Waals surface area contributed by atoms with E-state index >= 15 is 0 Å². The molecule has 0 aliphatic heterocycles. The average molecular weight is 214 g/mol. The Hall–Kier alpha value is -0.370. The smallest absolute Gasteiger partial charge is 0.164 e. The van der Waals surface area contributed by atoms with E-state index in [-0.39, 0.29) is 5.78 Å². The van der Waals surface area contributed by atoms with E-state index in [0.717, 1.165) is 19.3 Å². The fourth-order valence-electron chi connectivity index (χ4n) is 1.63. The predicted octanol–water partition coefficient (Wildman–Crippen LogP) is 3.59. The zero-order valence-corrected chi connectivity index (χ0v) is 10.9. The molecule has 0 N–H and O–H groups in total. The van der Waals surface area contributed by atoms with Crippen molar-refractivity contribution in [2.45, 2.75) is 65.9 Å². The molecule has 0 fully saturated rings. The second-order valence-electron chi connectivity index (χ2n) is 4.73. The fraction of sp³-hybridized carbons (Fsp3) is 0.923. The normalized spacial score (nSPS) is 15.3. The highest BCUT2D eigenvalue weighted by atomic mass is 16.5. The molecule has 2 nitrogen and oxygen atoms in total. The lowest BCUT2D eigenvalue weighted by molar-refractivity contribution is -0.142. The van der Waals surface area contributed by atoms with Crippen molar-refractivity contribution in [3.63, 3.8) is 0 Å². The number of rotatable bonds is 8. The van der Waals surface area contributed by atoms with E-state index in [9.17, 15) is 4.79 Å². The number of carbonyl (C=O) groups is 1. The predicted molar refractivity (Wildman–Crippen MR) is 64.0 cm³/mol. The van der Waals surface area contributed by atoms with Gasteiger partial charge in [0, 0.05) is 13.0 Å². The Kier molecular flexibility index (Phi) is 6.82. The number of hydrogen-bond donors (Lipinski definition) is 0. The molecule has 0 saturated carbocycles. The Bertz CT molecular complexity index is 187. The van der Waals surface area contributed by atoms with Crippen LogP contribution in [0.3, 0.4) is 0 Å². The molecule has 15 heavy (non-hydrogen) atoms. The van der Waals surface area contributed by atoms with Gasteiger partial charge < -0.3 is 4.74 Å². The summed E-state index contributed by atoms with van der Waals surface area (Å²) in [7, 11) is 0. The monoisotopic (exact) mass is 214 g/mol. The molecule has 90 valence electrons. The number of Topliss-reactive ketones (excluding diaryl/α,β-unsaturated/α-hetero) is 1. The van der Waals surface area contributed by atoms with Crippen LogP contribution in [-0.4, -0.2) is 18.0 Å². The molecule has 0 aliphatic rings. The topological polar surface area (TPSA) is 26.3 Å². The molecule has 0 radical (unpaired) electrons. The zero-order valence-electron chi connectivity index (χ0n) is 10.9. The van der Waals surface area contributed by atoms with Crippen molar-refractivity contribution in [2.75, 3.05) is 6.61 Å². The number of carbonyl (C=O) groups excluding carboxylic acids is 1. The minimum absolute atomic E-state index is 0.257. The summed E-state index contributed by atoms with van der Waals surface area (Å²) in [4.78, 5) is 11.9. The van der Waals surface area contributed by atoms with Gasteiger partial charge in [0.25, 0.3) is 0 Å². The van der Waals surface area contributed by atoms with Crippen molar-refractivity contribution in [3.8, 4) is 0 Å². The molecule has 0 bridgehead atoms. The molecule has 0 aromatic rings. The standard InChI is InChI=1S/C13H26O2/c1-6-13(5,15-7-2)12(14)10-8-9-11(3)4/h11H,6-10H2,1-5H3. The molecule has 0 rings (SSSR count). The van der Waals surface area contributed by atoms with Crippen LogP contribution in [0, 0.1) is 5.92 Å². The van der Waals surface area contributed by atoms with Gasteiger partial charge in [0.15, 0.2) is 5.78 Å². The first kappa shape index (κ1) is 14.6. The van der Waals surface area contributed by atoms with Crippen LogP contribution >= 0.6 is 0 Å². The van der Waals surface area contributed by atoms with E-state index in [2.05, 4.69) is 13.8 Å². The lowest BCUT2D eigenvalue weighted by Gasteiger charge is -2.26. The average Bonchev–Trinajstić information content (AvgIpc) is 2.17. The summed E-state index contributed by atoms with van der Waals surface area (Å²) in [6, 6.07) is 0. The Balaban J connectivity index is 4.04. The third-order valence-electron chi connectivity index (χ3n) is 2.91. The third-order valence-corrected chi connectivity index (χ3v) is 2.91. The summed E-state index contributed by atoms with van der Waals surface area (Å²) < 4.78 is 5.55. The highest BCUT2D eigenvalue weighted by Gasteiger charge is 2.30. The molecule has 0 aromatic carbocycles. The summed E-state index contributed by atoms with van der Waals surface area (Å²) in [5.41, 5.74) is -0.550. The number of hydrogen-bond acceptors (Lipinski definition) is 2. The fourth-order valence-corrected chi connectivity index (χ4v) is 1.63. The first-order valence-electron chi connectivity index (χ1n) is 6.13. The van der Waals surface area contributed by atoms with Crippen LogP contribution in [0.5, 0.6) is 0 Å². The van der Waals surface area contributed by atoms with Crippen LogP contribution < -0.4 is 0 Å². The van der Waals surface area contributed by atoms with Crippen molar-refractivity contribution in [1.29, 1.82) is 0 Å². The molecule has 2 heteroatoms. The van der Waals surface area contributed by atoms with Gasteiger partial charge in [0.1, 0.15) is 5.60 Å². The quantitative estimate of drug-likeness (QED) is 0.617. The molecular weight excluding hydrogens is 188 g/mol. The van der Waals surface area contributed by atoms with E-state index in [1.54, 1.807) is 0 Å². The van der Waals surface area contributed by atoms with Crippen LogP contribution in [0.25, 0.3) is 0 Å². The van der Waals surface area contributed by atoms with Crippen molar-refractivity contribution < 1.29 is 9.53 Å². The van der Waals surface area contributed by atoms with E-state index < -0.39 is 5.60 Å². The summed E-state index contributed by atoms with van der Waals surface area (Å²) in [6.45, 7) is 10.8. The highest BCUT2D eigenvalue weighted by molar-refractivity contribution is 5.86. The Morgan fingerprint density at radius 1 is 1.33 bits per heavy atom. The first-order chi connectivity index (χ1) is 6.96. The van der Waals surface area contributed by atoms with Gasteiger partial charge >= 0.3 is 0 Å². The molecule has 0 heterocycles. The summed E-state index contributed by atoms with van der Waals surface area (Å²) in [6.07, 6.45) is 3.53. The number of ketones is 1. The molecule has 0 aliphatic carbocycles. The second-order valence-corrected chi connectivity index (χ2v) is 4.73.